The smallest absolute Gasteiger partial charge is 0.342 e. The molecule has 2 bridgehead atoms. The maximum atomic E-state index is 12.9. The van der Waals surface area contributed by atoms with Crippen LogP contribution < -0.4 is 4.74 Å². The molecule has 0 aliphatic carbocycles. The van der Waals surface area contributed by atoms with Gasteiger partial charge in [-0.3, -0.25) is 4.79 Å². The fourth-order valence-electron chi connectivity index (χ4n) is 3.59. The van der Waals surface area contributed by atoms with Crippen molar-refractivity contribution >= 4 is 23.4 Å². The van der Waals surface area contributed by atoms with Gasteiger partial charge in [0.05, 0.1) is 24.3 Å². The number of esters is 1. The minimum atomic E-state index is -1.59. The lowest BCUT2D eigenvalue weighted by Gasteiger charge is -2.40. The summed E-state index contributed by atoms with van der Waals surface area (Å²) in [7, 11) is 1.31. The number of cyclic esters (lactones) is 1. The average Bonchev–Trinajstić information content (AvgIpc) is 2.64. The summed E-state index contributed by atoms with van der Waals surface area (Å²) in [5.41, 5.74) is -0.0437. The quantitative estimate of drug-likeness (QED) is 0.594. The highest BCUT2D eigenvalue weighted by molar-refractivity contribution is 6.33. The SMILES string of the molecule is COc1cc(O)c(Cl)c2c1C(=O)OC(C)CCC1(O)CCC(O)C(O1)C(=O)C2. The van der Waals surface area contributed by atoms with Gasteiger partial charge in [-0.05, 0) is 19.8 Å². The molecule has 9 heteroatoms. The maximum absolute atomic E-state index is 12.9. The molecule has 3 N–H and O–H groups in total. The second-order valence-corrected chi connectivity index (χ2v) is 7.63. The molecule has 0 spiro atoms. The standard InChI is InChI=1S/C19H23ClO8/c1-9-3-5-19(25)6-4-11(21)17(28-19)13(23)7-10-15(18(24)27-9)14(26-2)8-12(22)16(10)20/h8-9,11,17,21-22,25H,3-7H2,1-2H3. The molecule has 1 aromatic rings. The molecule has 2 aliphatic heterocycles. The molecule has 0 amide bonds. The first-order valence-corrected chi connectivity index (χ1v) is 9.43. The molecular formula is C19H23ClO8. The summed E-state index contributed by atoms with van der Waals surface area (Å²) in [6.07, 6.45) is -2.59. The molecule has 1 fully saturated rings. The number of halogens is 1. The summed E-state index contributed by atoms with van der Waals surface area (Å²) in [5.74, 6) is -3.28. The van der Waals surface area contributed by atoms with Crippen molar-refractivity contribution in [3.63, 3.8) is 0 Å². The monoisotopic (exact) mass is 414 g/mol. The van der Waals surface area contributed by atoms with E-state index in [0.717, 1.165) is 0 Å². The normalized spacial score (nSPS) is 31.2. The van der Waals surface area contributed by atoms with E-state index in [1.165, 1.54) is 13.2 Å². The zero-order valence-electron chi connectivity index (χ0n) is 15.6. The zero-order chi connectivity index (χ0) is 20.6. The number of methoxy groups -OCH3 is 1. The van der Waals surface area contributed by atoms with Crippen molar-refractivity contribution in [3.8, 4) is 11.5 Å². The first-order chi connectivity index (χ1) is 13.1. The van der Waals surface area contributed by atoms with Gasteiger partial charge >= 0.3 is 5.97 Å². The van der Waals surface area contributed by atoms with Crippen LogP contribution in [-0.2, 0) is 20.7 Å². The lowest BCUT2D eigenvalue weighted by atomic mass is 9.90. The Morgan fingerprint density at radius 3 is 2.64 bits per heavy atom. The molecule has 154 valence electrons. The van der Waals surface area contributed by atoms with Crippen LogP contribution in [0.3, 0.4) is 0 Å². The summed E-state index contributed by atoms with van der Waals surface area (Å²) in [5, 5.41) is 30.8. The Labute approximate surface area is 167 Å². The molecule has 0 saturated carbocycles. The molecule has 0 radical (unpaired) electrons. The minimum Gasteiger partial charge on any atom is -0.506 e. The first-order valence-electron chi connectivity index (χ1n) is 9.05. The highest BCUT2D eigenvalue weighted by Gasteiger charge is 2.44. The van der Waals surface area contributed by atoms with E-state index < -0.39 is 42.3 Å². The third-order valence-electron chi connectivity index (χ3n) is 5.17. The number of rotatable bonds is 1. The third-order valence-corrected chi connectivity index (χ3v) is 5.60. The molecule has 1 saturated heterocycles. The lowest BCUT2D eigenvalue weighted by molar-refractivity contribution is -0.274. The number of aliphatic hydroxyl groups excluding tert-OH is 1. The number of ether oxygens (including phenoxy) is 3. The number of Topliss-reactive ketones (excluding diaryl/α,β-unsaturated/α-hetero) is 1. The number of phenolic OH excluding ortho intramolecular Hbond substituents is 1. The zero-order valence-corrected chi connectivity index (χ0v) is 16.4. The van der Waals surface area contributed by atoms with E-state index >= 15 is 0 Å². The number of phenols is 1. The van der Waals surface area contributed by atoms with Gasteiger partial charge in [-0.15, -0.1) is 0 Å². The van der Waals surface area contributed by atoms with Gasteiger partial charge in [0.25, 0.3) is 0 Å². The topological polar surface area (TPSA) is 123 Å². The molecule has 2 heterocycles. The second-order valence-electron chi connectivity index (χ2n) is 7.25. The van der Waals surface area contributed by atoms with Crippen molar-refractivity contribution in [1.29, 1.82) is 0 Å². The number of ketones is 1. The number of hydrogen-bond acceptors (Lipinski definition) is 8. The molecular weight excluding hydrogens is 392 g/mol. The molecule has 8 nitrogen and oxygen atoms in total. The van der Waals surface area contributed by atoms with Gasteiger partial charge in [0.1, 0.15) is 23.2 Å². The van der Waals surface area contributed by atoms with Gasteiger partial charge in [-0.1, -0.05) is 11.6 Å². The van der Waals surface area contributed by atoms with E-state index in [9.17, 15) is 24.9 Å². The predicted octanol–water partition coefficient (Wildman–Crippen LogP) is 1.73. The summed E-state index contributed by atoms with van der Waals surface area (Å²) >= 11 is 6.18. The molecule has 0 aromatic heterocycles. The number of fused-ring (bicyclic) bond motifs is 3. The first kappa shape index (κ1) is 20.9. The number of benzene rings is 1. The molecule has 1 aromatic carbocycles. The number of carbonyl (C=O) groups is 2. The van der Waals surface area contributed by atoms with Crippen molar-refractivity contribution in [2.75, 3.05) is 7.11 Å². The van der Waals surface area contributed by atoms with Crippen LogP contribution >= 0.6 is 11.6 Å². The van der Waals surface area contributed by atoms with Crippen LogP contribution in [-0.4, -0.2) is 58.3 Å². The Morgan fingerprint density at radius 2 is 1.96 bits per heavy atom. The van der Waals surface area contributed by atoms with E-state index in [4.69, 9.17) is 25.8 Å². The molecule has 4 atom stereocenters. The number of aliphatic hydroxyl groups is 2. The number of aromatic hydroxyl groups is 1. The fourth-order valence-corrected chi connectivity index (χ4v) is 3.81. The van der Waals surface area contributed by atoms with Crippen molar-refractivity contribution in [2.45, 2.75) is 63.1 Å². The van der Waals surface area contributed by atoms with Crippen molar-refractivity contribution in [2.24, 2.45) is 0 Å². The highest BCUT2D eigenvalue weighted by atomic mass is 35.5. The maximum Gasteiger partial charge on any atom is 0.342 e. The van der Waals surface area contributed by atoms with E-state index in [-0.39, 0.29) is 53.3 Å². The Kier molecular flexibility index (Phi) is 5.86. The molecule has 28 heavy (non-hydrogen) atoms. The van der Waals surface area contributed by atoms with Crippen LogP contribution in [0.4, 0.5) is 0 Å². The van der Waals surface area contributed by atoms with Crippen molar-refractivity contribution in [3.05, 3.63) is 22.2 Å². The summed E-state index contributed by atoms with van der Waals surface area (Å²) < 4.78 is 16.2. The van der Waals surface area contributed by atoms with Gasteiger partial charge in [0.2, 0.25) is 0 Å². The van der Waals surface area contributed by atoms with Crippen LogP contribution in [0.15, 0.2) is 6.07 Å². The van der Waals surface area contributed by atoms with Crippen molar-refractivity contribution in [1.82, 2.24) is 0 Å². The van der Waals surface area contributed by atoms with Gasteiger partial charge < -0.3 is 29.5 Å². The molecule has 2 aliphatic rings. The number of carbonyl (C=O) groups excluding carboxylic acids is 2. The van der Waals surface area contributed by atoms with Gasteiger partial charge in [0.15, 0.2) is 11.6 Å². The van der Waals surface area contributed by atoms with E-state index in [1.54, 1.807) is 6.92 Å². The van der Waals surface area contributed by atoms with E-state index in [2.05, 4.69) is 0 Å². The molecule has 4 unspecified atom stereocenters. The third kappa shape index (κ3) is 3.96. The molecule has 3 rings (SSSR count). The summed E-state index contributed by atoms with van der Waals surface area (Å²) in [6.45, 7) is 1.67. The van der Waals surface area contributed by atoms with Gasteiger partial charge in [-0.2, -0.15) is 0 Å². The van der Waals surface area contributed by atoms with Crippen molar-refractivity contribution < 1.29 is 39.1 Å². The van der Waals surface area contributed by atoms with Crippen LogP contribution in [0.2, 0.25) is 5.02 Å². The van der Waals surface area contributed by atoms with E-state index in [0.29, 0.717) is 0 Å². The van der Waals surface area contributed by atoms with Gasteiger partial charge in [0, 0.05) is 30.9 Å². The second kappa shape index (κ2) is 7.87. The van der Waals surface area contributed by atoms with E-state index in [1.807, 2.05) is 0 Å². The van der Waals surface area contributed by atoms with Gasteiger partial charge in [-0.25, -0.2) is 4.79 Å². The van der Waals surface area contributed by atoms with Crippen LogP contribution in [0.1, 0.15) is 48.5 Å². The van der Waals surface area contributed by atoms with Crippen LogP contribution in [0, 0.1) is 0 Å². The summed E-state index contributed by atoms with van der Waals surface area (Å²) in [6, 6.07) is 1.17. The lowest BCUT2D eigenvalue weighted by Crippen LogP contribution is -2.51. The minimum absolute atomic E-state index is 0.0144. The average molecular weight is 415 g/mol. The predicted molar refractivity (Wildman–Crippen MR) is 97.6 cm³/mol. The van der Waals surface area contributed by atoms with Crippen LogP contribution in [0.5, 0.6) is 11.5 Å². The Balaban J connectivity index is 2.11. The fraction of sp³-hybridized carbons (Fsp3) is 0.579. The summed E-state index contributed by atoms with van der Waals surface area (Å²) in [4.78, 5) is 25.6. The Morgan fingerprint density at radius 1 is 1.29 bits per heavy atom. The number of hydrogen-bond donors (Lipinski definition) is 3. The Hall–Kier alpha value is -1.87. The largest absolute Gasteiger partial charge is 0.506 e. The highest BCUT2D eigenvalue weighted by Crippen LogP contribution is 2.39. The Bertz CT molecular complexity index is 795. The van der Waals surface area contributed by atoms with Crippen LogP contribution in [0.25, 0.3) is 0 Å².